The normalized spacial score (nSPS) is 24.6. The van der Waals surface area contributed by atoms with Gasteiger partial charge in [-0.05, 0) is 25.0 Å². The molecule has 2 aliphatic heterocycles. The van der Waals surface area contributed by atoms with Crippen molar-refractivity contribution in [2.24, 2.45) is 0 Å². The zero-order valence-corrected chi connectivity index (χ0v) is 12.2. The van der Waals surface area contributed by atoms with Gasteiger partial charge in [0.25, 0.3) is 0 Å². The summed E-state index contributed by atoms with van der Waals surface area (Å²) in [5, 5.41) is 3.87. The van der Waals surface area contributed by atoms with Gasteiger partial charge in [-0.1, -0.05) is 11.6 Å². The SMILES string of the molecule is COc1nc(Cl)ccc1CN1CC2(CCC(C=O)N2)C1. The maximum absolute atomic E-state index is 10.8. The molecule has 1 unspecified atom stereocenters. The number of methoxy groups -OCH3 is 1. The number of aldehydes is 1. The number of hydrogen-bond acceptors (Lipinski definition) is 5. The zero-order chi connectivity index (χ0) is 14.2. The summed E-state index contributed by atoms with van der Waals surface area (Å²) >= 11 is 5.86. The van der Waals surface area contributed by atoms with Crippen LogP contribution in [0.2, 0.25) is 5.15 Å². The molecule has 2 fully saturated rings. The molecule has 0 aliphatic carbocycles. The molecule has 1 atom stereocenters. The van der Waals surface area contributed by atoms with Gasteiger partial charge in [0, 0.05) is 30.7 Å². The highest BCUT2D eigenvalue weighted by Crippen LogP contribution is 2.34. The van der Waals surface area contributed by atoms with E-state index in [-0.39, 0.29) is 11.6 Å². The smallest absolute Gasteiger partial charge is 0.219 e. The Morgan fingerprint density at radius 3 is 3.05 bits per heavy atom. The molecule has 20 heavy (non-hydrogen) atoms. The molecular formula is C14H18ClN3O2. The third-order valence-electron chi connectivity index (χ3n) is 4.13. The van der Waals surface area contributed by atoms with Crippen molar-refractivity contribution in [1.29, 1.82) is 0 Å². The molecule has 0 bridgehead atoms. The maximum atomic E-state index is 10.8. The van der Waals surface area contributed by atoms with Gasteiger partial charge in [0.1, 0.15) is 11.4 Å². The van der Waals surface area contributed by atoms with Crippen LogP contribution >= 0.6 is 11.6 Å². The molecular weight excluding hydrogens is 278 g/mol. The summed E-state index contributed by atoms with van der Waals surface area (Å²) in [6, 6.07) is 3.77. The fourth-order valence-corrected chi connectivity index (χ4v) is 3.37. The second-order valence-corrected chi connectivity index (χ2v) is 6.04. The zero-order valence-electron chi connectivity index (χ0n) is 11.4. The summed E-state index contributed by atoms with van der Waals surface area (Å²) in [7, 11) is 1.60. The molecule has 3 rings (SSSR count). The van der Waals surface area contributed by atoms with Crippen LogP contribution in [0.1, 0.15) is 18.4 Å². The Balaban J connectivity index is 1.60. The average Bonchev–Trinajstić information content (AvgIpc) is 2.84. The number of carbonyl (C=O) groups excluding carboxylic acids is 1. The van der Waals surface area contributed by atoms with Crippen molar-refractivity contribution in [2.45, 2.75) is 31.0 Å². The van der Waals surface area contributed by atoms with Gasteiger partial charge in [-0.2, -0.15) is 0 Å². The molecule has 0 aromatic carbocycles. The van der Waals surface area contributed by atoms with Crippen molar-refractivity contribution >= 4 is 17.9 Å². The number of aromatic nitrogens is 1. The van der Waals surface area contributed by atoms with Crippen LogP contribution in [0.25, 0.3) is 0 Å². The van der Waals surface area contributed by atoms with E-state index in [2.05, 4.69) is 15.2 Å². The van der Waals surface area contributed by atoms with E-state index in [1.54, 1.807) is 13.2 Å². The van der Waals surface area contributed by atoms with Crippen LogP contribution < -0.4 is 10.1 Å². The minimum atomic E-state index is 0.0314. The van der Waals surface area contributed by atoms with Crippen LogP contribution in [0.5, 0.6) is 5.88 Å². The number of rotatable bonds is 4. The number of carbonyl (C=O) groups is 1. The highest BCUT2D eigenvalue weighted by Gasteiger charge is 2.47. The van der Waals surface area contributed by atoms with Crippen LogP contribution in [0.15, 0.2) is 12.1 Å². The molecule has 3 heterocycles. The van der Waals surface area contributed by atoms with E-state index in [0.717, 1.165) is 44.3 Å². The lowest BCUT2D eigenvalue weighted by Gasteiger charge is -2.48. The highest BCUT2D eigenvalue weighted by molar-refractivity contribution is 6.29. The van der Waals surface area contributed by atoms with Gasteiger partial charge >= 0.3 is 0 Å². The van der Waals surface area contributed by atoms with E-state index in [4.69, 9.17) is 16.3 Å². The monoisotopic (exact) mass is 295 g/mol. The highest BCUT2D eigenvalue weighted by atomic mass is 35.5. The van der Waals surface area contributed by atoms with Gasteiger partial charge in [0.2, 0.25) is 5.88 Å². The minimum Gasteiger partial charge on any atom is -0.481 e. The van der Waals surface area contributed by atoms with Crippen molar-refractivity contribution in [1.82, 2.24) is 15.2 Å². The lowest BCUT2D eigenvalue weighted by molar-refractivity contribution is -0.109. The van der Waals surface area contributed by atoms with E-state index in [0.29, 0.717) is 11.0 Å². The van der Waals surface area contributed by atoms with Crippen LogP contribution in [-0.4, -0.2) is 48.0 Å². The second-order valence-electron chi connectivity index (χ2n) is 5.65. The van der Waals surface area contributed by atoms with Crippen molar-refractivity contribution < 1.29 is 9.53 Å². The lowest BCUT2D eigenvalue weighted by Crippen LogP contribution is -2.67. The molecule has 6 heteroatoms. The van der Waals surface area contributed by atoms with E-state index in [1.807, 2.05) is 6.07 Å². The van der Waals surface area contributed by atoms with Gasteiger partial charge in [-0.15, -0.1) is 0 Å². The average molecular weight is 296 g/mol. The standard InChI is InChI=1S/C14H18ClN3O2/c1-20-13-10(2-3-12(15)16-13)6-18-8-14(9-18)5-4-11(7-19)17-14/h2-3,7,11,17H,4-6,8-9H2,1H3. The number of nitrogens with zero attached hydrogens (tertiary/aromatic N) is 2. The number of halogens is 1. The summed E-state index contributed by atoms with van der Waals surface area (Å²) in [6.45, 7) is 2.72. The Labute approximate surface area is 123 Å². The van der Waals surface area contributed by atoms with Crippen LogP contribution in [-0.2, 0) is 11.3 Å². The van der Waals surface area contributed by atoms with Crippen LogP contribution in [0, 0.1) is 0 Å². The maximum Gasteiger partial charge on any atom is 0.219 e. The van der Waals surface area contributed by atoms with Gasteiger partial charge in [0.15, 0.2) is 0 Å². The van der Waals surface area contributed by atoms with Gasteiger partial charge < -0.3 is 9.53 Å². The number of nitrogens with one attached hydrogen (secondary N) is 1. The summed E-state index contributed by atoms with van der Waals surface area (Å²) in [4.78, 5) is 17.3. The molecule has 0 radical (unpaired) electrons. The second kappa shape index (κ2) is 5.31. The number of likely N-dealkylation sites (tertiary alicyclic amines) is 1. The first kappa shape index (κ1) is 13.8. The van der Waals surface area contributed by atoms with Crippen LogP contribution in [0.3, 0.4) is 0 Å². The van der Waals surface area contributed by atoms with E-state index < -0.39 is 0 Å². The van der Waals surface area contributed by atoms with Gasteiger partial charge in [0.05, 0.1) is 13.2 Å². The van der Waals surface area contributed by atoms with Crippen molar-refractivity contribution in [2.75, 3.05) is 20.2 Å². The Morgan fingerprint density at radius 2 is 2.40 bits per heavy atom. The van der Waals surface area contributed by atoms with Crippen molar-refractivity contribution in [3.63, 3.8) is 0 Å². The molecule has 1 spiro atoms. The Kier molecular flexibility index (Phi) is 3.67. The predicted octanol–water partition coefficient (Wildman–Crippen LogP) is 1.25. The van der Waals surface area contributed by atoms with Crippen molar-refractivity contribution in [3.05, 3.63) is 22.8 Å². The molecule has 0 amide bonds. The largest absolute Gasteiger partial charge is 0.481 e. The molecule has 1 aromatic rings. The molecule has 5 nitrogen and oxygen atoms in total. The summed E-state index contributed by atoms with van der Waals surface area (Å²) < 4.78 is 5.26. The van der Waals surface area contributed by atoms with Gasteiger partial charge in [-0.25, -0.2) is 4.98 Å². The first-order valence-corrected chi connectivity index (χ1v) is 7.17. The molecule has 108 valence electrons. The number of pyridine rings is 1. The molecule has 1 N–H and O–H groups in total. The first-order valence-electron chi connectivity index (χ1n) is 6.79. The summed E-state index contributed by atoms with van der Waals surface area (Å²) in [5.41, 5.74) is 1.18. The molecule has 0 saturated carbocycles. The Morgan fingerprint density at radius 1 is 1.60 bits per heavy atom. The topological polar surface area (TPSA) is 54.5 Å². The molecule has 2 saturated heterocycles. The third-order valence-corrected chi connectivity index (χ3v) is 4.35. The van der Waals surface area contributed by atoms with Gasteiger partial charge in [-0.3, -0.25) is 10.2 Å². The Hall–Kier alpha value is -1.17. The van der Waals surface area contributed by atoms with E-state index in [1.165, 1.54) is 0 Å². The molecule has 2 aliphatic rings. The van der Waals surface area contributed by atoms with E-state index in [9.17, 15) is 4.79 Å². The summed E-state index contributed by atoms with van der Waals surface area (Å²) in [5.74, 6) is 0.587. The van der Waals surface area contributed by atoms with Crippen LogP contribution in [0.4, 0.5) is 0 Å². The molecule has 1 aromatic heterocycles. The lowest BCUT2D eigenvalue weighted by atomic mass is 9.88. The number of hydrogen-bond donors (Lipinski definition) is 1. The third kappa shape index (κ3) is 2.53. The minimum absolute atomic E-state index is 0.0314. The fraction of sp³-hybridized carbons (Fsp3) is 0.571. The first-order chi connectivity index (χ1) is 9.64. The fourth-order valence-electron chi connectivity index (χ4n) is 3.23. The number of ether oxygens (including phenoxy) is 1. The quantitative estimate of drug-likeness (QED) is 0.669. The summed E-state index contributed by atoms with van der Waals surface area (Å²) in [6.07, 6.45) is 3.04. The Bertz CT molecular complexity index is 517. The van der Waals surface area contributed by atoms with Crippen molar-refractivity contribution in [3.8, 4) is 5.88 Å². The predicted molar refractivity (Wildman–Crippen MR) is 76.0 cm³/mol. The van der Waals surface area contributed by atoms with E-state index >= 15 is 0 Å².